The van der Waals surface area contributed by atoms with Crippen LogP contribution >= 0.6 is 0 Å². The number of hydrogen-bond donors (Lipinski definition) is 2. The van der Waals surface area contributed by atoms with E-state index in [1.54, 1.807) is 12.3 Å². The topological polar surface area (TPSA) is 76.7 Å². The molecule has 3 rings (SSSR count). The van der Waals surface area contributed by atoms with Crippen LogP contribution in [0.5, 0.6) is 0 Å². The number of benzene rings is 2. The van der Waals surface area contributed by atoms with Gasteiger partial charge < -0.3 is 15.7 Å². The minimum atomic E-state index is -0.350. The van der Waals surface area contributed by atoms with Gasteiger partial charge in [0.25, 0.3) is 0 Å². The van der Waals surface area contributed by atoms with Crippen LogP contribution in [0.2, 0.25) is 0 Å². The predicted octanol–water partition coefficient (Wildman–Crippen LogP) is 4.35. The van der Waals surface area contributed by atoms with Crippen molar-refractivity contribution in [1.29, 1.82) is 10.8 Å². The molecule has 3 aromatic rings. The van der Waals surface area contributed by atoms with E-state index >= 15 is 0 Å². The third-order valence-corrected chi connectivity index (χ3v) is 4.57. The minimum Gasteiger partial charge on any atom is -0.352 e. The maximum Gasteiger partial charge on any atom is 0.148 e. The van der Waals surface area contributed by atoms with Crippen LogP contribution in [0.15, 0.2) is 48.7 Å². The van der Waals surface area contributed by atoms with Crippen molar-refractivity contribution in [3.63, 3.8) is 0 Å². The Bertz CT molecular complexity index is 948. The van der Waals surface area contributed by atoms with E-state index in [-0.39, 0.29) is 17.8 Å². The second-order valence-corrected chi connectivity index (χ2v) is 6.18. The van der Waals surface area contributed by atoms with E-state index in [1.165, 1.54) is 24.6 Å². The van der Waals surface area contributed by atoms with Gasteiger partial charge in [-0.25, -0.2) is 9.37 Å². The summed E-state index contributed by atoms with van der Waals surface area (Å²) in [5.74, 6) is 0.0843. The number of fused-ring (bicyclic) bond motifs is 1. The van der Waals surface area contributed by atoms with Crippen molar-refractivity contribution in [3.8, 4) is 0 Å². The van der Waals surface area contributed by atoms with Gasteiger partial charge in [-0.2, -0.15) is 0 Å². The molecule has 26 heavy (non-hydrogen) atoms. The van der Waals surface area contributed by atoms with Crippen LogP contribution in [0, 0.1) is 16.6 Å². The maximum atomic E-state index is 13.5. The van der Waals surface area contributed by atoms with Crippen molar-refractivity contribution < 1.29 is 4.39 Å². The Morgan fingerprint density at radius 2 is 1.81 bits per heavy atom. The summed E-state index contributed by atoms with van der Waals surface area (Å²) in [4.78, 5) is 11.1. The lowest BCUT2D eigenvalue weighted by Gasteiger charge is -2.26. The molecule has 6 heteroatoms. The molecular weight excluding hydrogens is 329 g/mol. The molecule has 1 unspecified atom stereocenters. The van der Waals surface area contributed by atoms with E-state index in [0.717, 1.165) is 16.6 Å². The van der Waals surface area contributed by atoms with Gasteiger partial charge in [0.05, 0.1) is 29.2 Å². The molecule has 0 fully saturated rings. The molecule has 2 N–H and O–H groups in total. The Balaban J connectivity index is 1.92. The van der Waals surface area contributed by atoms with Crippen LogP contribution in [0.3, 0.4) is 0 Å². The molecule has 1 heterocycles. The van der Waals surface area contributed by atoms with E-state index in [4.69, 9.17) is 10.8 Å². The molecule has 132 valence electrons. The highest BCUT2D eigenvalue weighted by molar-refractivity contribution is 5.89. The summed E-state index contributed by atoms with van der Waals surface area (Å²) >= 11 is 0. The quantitative estimate of drug-likeness (QED) is 0.650. The standard InChI is InChI=1S/C20H20FN5/c1-13(14-4-3-5-17(21)8-14)26(2)20-12-24-19-9-15(16(10-22)11-23)6-7-18(19)25-20/h3-13,16,22-23H,1-2H3. The zero-order valence-electron chi connectivity index (χ0n) is 14.6. The first kappa shape index (κ1) is 17.7. The SMILES string of the molecule is CC(c1cccc(F)c1)N(C)c1cnc2cc(C(C=N)C=N)ccc2n1. The molecule has 0 aliphatic heterocycles. The fraction of sp³-hybridized carbons (Fsp3) is 0.200. The third kappa shape index (κ3) is 3.44. The van der Waals surface area contributed by atoms with Crippen molar-refractivity contribution >= 4 is 29.3 Å². The first-order valence-electron chi connectivity index (χ1n) is 8.29. The van der Waals surface area contributed by atoms with Gasteiger partial charge in [0, 0.05) is 19.5 Å². The highest BCUT2D eigenvalue weighted by Crippen LogP contribution is 2.26. The van der Waals surface area contributed by atoms with Gasteiger partial charge in [0.2, 0.25) is 0 Å². The summed E-state index contributed by atoms with van der Waals surface area (Å²) in [6.45, 7) is 1.99. The maximum absolute atomic E-state index is 13.5. The van der Waals surface area contributed by atoms with Gasteiger partial charge in [-0.3, -0.25) is 4.98 Å². The second kappa shape index (κ2) is 7.39. The molecule has 1 atom stereocenters. The molecule has 1 aromatic heterocycles. The van der Waals surface area contributed by atoms with Crippen molar-refractivity contribution in [2.45, 2.75) is 18.9 Å². The van der Waals surface area contributed by atoms with E-state index in [9.17, 15) is 4.39 Å². The van der Waals surface area contributed by atoms with Crippen LogP contribution in [0.25, 0.3) is 11.0 Å². The van der Waals surface area contributed by atoms with Crippen LogP contribution in [-0.2, 0) is 0 Å². The fourth-order valence-corrected chi connectivity index (χ4v) is 2.82. The molecular formula is C20H20FN5. The highest BCUT2D eigenvalue weighted by atomic mass is 19.1. The summed E-state index contributed by atoms with van der Waals surface area (Å²) in [7, 11) is 1.90. The Kier molecular flexibility index (Phi) is 5.02. The molecule has 0 spiro atoms. The molecule has 0 aliphatic rings. The largest absolute Gasteiger partial charge is 0.352 e. The van der Waals surface area contributed by atoms with Crippen LogP contribution in [0.4, 0.5) is 10.2 Å². The van der Waals surface area contributed by atoms with Gasteiger partial charge >= 0.3 is 0 Å². The van der Waals surface area contributed by atoms with Gasteiger partial charge in [-0.05, 0) is 42.3 Å². The lowest BCUT2D eigenvalue weighted by Crippen LogP contribution is -2.23. The number of rotatable bonds is 6. The number of aromatic nitrogens is 2. The van der Waals surface area contributed by atoms with Gasteiger partial charge in [-0.15, -0.1) is 0 Å². The number of hydrogen-bond acceptors (Lipinski definition) is 5. The summed E-state index contributed by atoms with van der Waals surface area (Å²) in [5, 5.41) is 14.8. The Labute approximate surface area is 151 Å². The zero-order valence-corrected chi connectivity index (χ0v) is 14.6. The first-order valence-corrected chi connectivity index (χ1v) is 8.29. The molecule has 2 aromatic carbocycles. The molecule has 0 saturated heterocycles. The predicted molar refractivity (Wildman–Crippen MR) is 103 cm³/mol. The van der Waals surface area contributed by atoms with Crippen molar-refractivity contribution in [2.75, 3.05) is 11.9 Å². The Morgan fingerprint density at radius 1 is 1.04 bits per heavy atom. The fourth-order valence-electron chi connectivity index (χ4n) is 2.82. The van der Waals surface area contributed by atoms with Crippen LogP contribution < -0.4 is 4.90 Å². The zero-order chi connectivity index (χ0) is 18.7. The molecule has 0 bridgehead atoms. The minimum absolute atomic E-state index is 0.0584. The van der Waals surface area contributed by atoms with E-state index in [1.807, 2.05) is 43.1 Å². The Morgan fingerprint density at radius 3 is 2.50 bits per heavy atom. The summed E-state index contributed by atoms with van der Waals surface area (Å²) in [5.41, 5.74) is 3.15. The van der Waals surface area contributed by atoms with Crippen molar-refractivity contribution in [2.24, 2.45) is 0 Å². The van der Waals surface area contributed by atoms with E-state index in [2.05, 4.69) is 9.97 Å². The van der Waals surface area contributed by atoms with E-state index in [0.29, 0.717) is 11.3 Å². The average molecular weight is 349 g/mol. The second-order valence-electron chi connectivity index (χ2n) is 6.18. The normalized spacial score (nSPS) is 13.2. The number of halogens is 1. The van der Waals surface area contributed by atoms with Crippen molar-refractivity contribution in [1.82, 2.24) is 9.97 Å². The monoisotopic (exact) mass is 349 g/mol. The van der Waals surface area contributed by atoms with Gasteiger partial charge in [0.15, 0.2) is 0 Å². The number of anilines is 1. The first-order chi connectivity index (χ1) is 12.5. The third-order valence-electron chi connectivity index (χ3n) is 4.57. The lowest BCUT2D eigenvalue weighted by atomic mass is 10.0. The average Bonchev–Trinajstić information content (AvgIpc) is 2.67. The molecule has 0 saturated carbocycles. The number of nitrogens with zero attached hydrogens (tertiary/aromatic N) is 3. The Hall–Kier alpha value is -3.15. The van der Waals surface area contributed by atoms with Crippen LogP contribution in [-0.4, -0.2) is 29.4 Å². The van der Waals surface area contributed by atoms with Gasteiger partial charge in [-0.1, -0.05) is 18.2 Å². The molecule has 0 aliphatic carbocycles. The smallest absolute Gasteiger partial charge is 0.148 e. The molecule has 0 amide bonds. The highest BCUT2D eigenvalue weighted by Gasteiger charge is 2.15. The lowest BCUT2D eigenvalue weighted by molar-refractivity contribution is 0.620. The van der Waals surface area contributed by atoms with Crippen molar-refractivity contribution in [3.05, 3.63) is 65.6 Å². The summed E-state index contributed by atoms with van der Waals surface area (Å²) < 4.78 is 13.5. The summed E-state index contributed by atoms with van der Waals surface area (Å²) in [6, 6.07) is 12.0. The van der Waals surface area contributed by atoms with Crippen LogP contribution in [0.1, 0.15) is 30.0 Å². The van der Waals surface area contributed by atoms with Gasteiger partial charge in [0.1, 0.15) is 11.6 Å². The molecule has 0 radical (unpaired) electrons. The summed E-state index contributed by atoms with van der Waals surface area (Å²) in [6.07, 6.45) is 4.14. The number of nitrogens with one attached hydrogen (secondary N) is 2. The molecule has 5 nitrogen and oxygen atoms in total. The van der Waals surface area contributed by atoms with E-state index < -0.39 is 0 Å².